The number of hydrogen-bond donors (Lipinski definition) is 2. The van der Waals surface area contributed by atoms with Crippen LogP contribution in [0.15, 0.2) is 22.7 Å². The first-order chi connectivity index (χ1) is 9.81. The molecule has 1 aromatic carbocycles. The van der Waals surface area contributed by atoms with Crippen molar-refractivity contribution in [1.82, 2.24) is 5.32 Å². The largest absolute Gasteiger partial charge is 0.481 e. The molecule has 0 aliphatic rings. The van der Waals surface area contributed by atoms with Crippen LogP contribution in [-0.4, -0.2) is 23.5 Å². The number of aliphatic carboxylic acids is 1. The monoisotopic (exact) mass is 355 g/mol. The third kappa shape index (κ3) is 5.87. The number of carboxylic acids is 1. The summed E-state index contributed by atoms with van der Waals surface area (Å²) >= 11 is 3.40. The molecule has 0 bridgehead atoms. The van der Waals surface area contributed by atoms with E-state index in [1.165, 1.54) is 0 Å². The van der Waals surface area contributed by atoms with Gasteiger partial charge in [0, 0.05) is 23.0 Å². The first-order valence-corrected chi connectivity index (χ1v) is 7.85. The molecule has 0 saturated heterocycles. The number of rotatable bonds is 7. The molecule has 0 radical (unpaired) electrons. The molecule has 1 atom stereocenters. The van der Waals surface area contributed by atoms with E-state index < -0.39 is 5.97 Å². The number of nitrogens with one attached hydrogen (secondary N) is 1. The van der Waals surface area contributed by atoms with Crippen LogP contribution in [0.3, 0.4) is 0 Å². The van der Waals surface area contributed by atoms with Crippen molar-refractivity contribution >= 4 is 27.8 Å². The van der Waals surface area contributed by atoms with Crippen molar-refractivity contribution < 1.29 is 14.7 Å². The van der Waals surface area contributed by atoms with E-state index in [1.807, 2.05) is 19.1 Å². The number of amides is 1. The second-order valence-electron chi connectivity index (χ2n) is 5.72. The number of halogens is 1. The predicted molar refractivity (Wildman–Crippen MR) is 86.4 cm³/mol. The van der Waals surface area contributed by atoms with Gasteiger partial charge in [-0.05, 0) is 42.9 Å². The molecule has 0 spiro atoms. The summed E-state index contributed by atoms with van der Waals surface area (Å²) in [6, 6.07) is 5.47. The van der Waals surface area contributed by atoms with Crippen molar-refractivity contribution in [3.63, 3.8) is 0 Å². The fraction of sp³-hybridized carbons (Fsp3) is 0.500. The van der Waals surface area contributed by atoms with E-state index in [1.54, 1.807) is 6.07 Å². The Balaban J connectivity index is 2.68. The number of benzene rings is 1. The standard InChI is InChI=1S/C16H22BrNO3/c1-10(2)7-12(8-15(19)20)9-18-16(21)13-5-4-6-14(17)11(13)3/h4-6,10,12H,7-9H2,1-3H3,(H,18,21)(H,19,20). The lowest BCUT2D eigenvalue weighted by molar-refractivity contribution is -0.138. The maximum absolute atomic E-state index is 12.2. The first kappa shape index (κ1) is 17.7. The Kier molecular flexibility index (Phi) is 6.89. The SMILES string of the molecule is Cc1c(Br)cccc1C(=O)NCC(CC(=O)O)CC(C)C. The van der Waals surface area contributed by atoms with Gasteiger partial charge in [-0.1, -0.05) is 35.8 Å². The summed E-state index contributed by atoms with van der Waals surface area (Å²) in [6.45, 7) is 6.36. The van der Waals surface area contributed by atoms with Gasteiger partial charge in [0.25, 0.3) is 5.91 Å². The molecule has 5 heteroatoms. The van der Waals surface area contributed by atoms with Gasteiger partial charge < -0.3 is 10.4 Å². The average molecular weight is 356 g/mol. The van der Waals surface area contributed by atoms with Crippen molar-refractivity contribution in [2.45, 2.75) is 33.6 Å². The Morgan fingerprint density at radius 3 is 2.57 bits per heavy atom. The molecule has 1 amide bonds. The highest BCUT2D eigenvalue weighted by molar-refractivity contribution is 9.10. The second kappa shape index (κ2) is 8.17. The van der Waals surface area contributed by atoms with Crippen LogP contribution < -0.4 is 5.32 Å². The number of carbonyl (C=O) groups is 2. The lowest BCUT2D eigenvalue weighted by atomic mass is 9.94. The Morgan fingerprint density at radius 2 is 2.00 bits per heavy atom. The zero-order chi connectivity index (χ0) is 16.0. The van der Waals surface area contributed by atoms with Crippen LogP contribution in [0.2, 0.25) is 0 Å². The minimum Gasteiger partial charge on any atom is -0.481 e. The Labute approximate surface area is 134 Å². The summed E-state index contributed by atoms with van der Waals surface area (Å²) in [5.41, 5.74) is 1.50. The van der Waals surface area contributed by atoms with Crippen LogP contribution in [0.4, 0.5) is 0 Å². The molecule has 1 unspecified atom stereocenters. The molecule has 21 heavy (non-hydrogen) atoms. The average Bonchev–Trinajstić information content (AvgIpc) is 2.37. The van der Waals surface area contributed by atoms with Crippen molar-refractivity contribution in [2.75, 3.05) is 6.54 Å². The predicted octanol–water partition coefficient (Wildman–Crippen LogP) is 3.62. The summed E-state index contributed by atoms with van der Waals surface area (Å²) in [7, 11) is 0. The first-order valence-electron chi connectivity index (χ1n) is 7.06. The highest BCUT2D eigenvalue weighted by atomic mass is 79.9. The van der Waals surface area contributed by atoms with E-state index in [-0.39, 0.29) is 18.2 Å². The topological polar surface area (TPSA) is 66.4 Å². The lowest BCUT2D eigenvalue weighted by Crippen LogP contribution is -2.31. The van der Waals surface area contributed by atoms with E-state index in [0.29, 0.717) is 18.0 Å². The molecular formula is C16H22BrNO3. The van der Waals surface area contributed by atoms with Crippen LogP contribution in [-0.2, 0) is 4.79 Å². The molecule has 0 saturated carbocycles. The fourth-order valence-corrected chi connectivity index (χ4v) is 2.70. The number of carbonyl (C=O) groups excluding carboxylic acids is 1. The van der Waals surface area contributed by atoms with Crippen LogP contribution >= 0.6 is 15.9 Å². The van der Waals surface area contributed by atoms with Crippen LogP contribution in [0, 0.1) is 18.8 Å². The highest BCUT2D eigenvalue weighted by Crippen LogP contribution is 2.20. The van der Waals surface area contributed by atoms with Gasteiger partial charge in [-0.15, -0.1) is 0 Å². The summed E-state index contributed by atoms with van der Waals surface area (Å²) < 4.78 is 0.888. The molecule has 0 aliphatic heterocycles. The van der Waals surface area contributed by atoms with E-state index >= 15 is 0 Å². The molecule has 0 aliphatic carbocycles. The zero-order valence-corrected chi connectivity index (χ0v) is 14.2. The molecule has 0 fully saturated rings. The zero-order valence-electron chi connectivity index (χ0n) is 12.6. The highest BCUT2D eigenvalue weighted by Gasteiger charge is 2.17. The van der Waals surface area contributed by atoms with Crippen molar-refractivity contribution in [3.05, 3.63) is 33.8 Å². The second-order valence-corrected chi connectivity index (χ2v) is 6.57. The van der Waals surface area contributed by atoms with Gasteiger partial charge in [-0.3, -0.25) is 9.59 Å². The molecule has 0 heterocycles. The van der Waals surface area contributed by atoms with E-state index in [4.69, 9.17) is 5.11 Å². The van der Waals surface area contributed by atoms with Gasteiger partial charge in [-0.2, -0.15) is 0 Å². The summed E-state index contributed by atoms with van der Waals surface area (Å²) in [4.78, 5) is 23.1. The fourth-order valence-electron chi connectivity index (χ4n) is 2.34. The Hall–Kier alpha value is -1.36. The quantitative estimate of drug-likeness (QED) is 0.784. The molecule has 0 aromatic heterocycles. The lowest BCUT2D eigenvalue weighted by Gasteiger charge is -2.18. The van der Waals surface area contributed by atoms with Crippen molar-refractivity contribution in [3.8, 4) is 0 Å². The normalized spacial score (nSPS) is 12.2. The van der Waals surface area contributed by atoms with Crippen LogP contribution in [0.1, 0.15) is 42.6 Å². The number of carboxylic acid groups (broad SMARTS) is 1. The summed E-state index contributed by atoms with van der Waals surface area (Å²) in [6.07, 6.45) is 0.861. The minimum absolute atomic E-state index is 0.0427. The molecule has 116 valence electrons. The maximum atomic E-state index is 12.2. The third-order valence-electron chi connectivity index (χ3n) is 3.33. The maximum Gasteiger partial charge on any atom is 0.303 e. The molecule has 2 N–H and O–H groups in total. The molecule has 1 aromatic rings. The molecule has 1 rings (SSSR count). The van der Waals surface area contributed by atoms with Gasteiger partial charge in [-0.25, -0.2) is 0 Å². The summed E-state index contributed by atoms with van der Waals surface area (Å²) in [5.74, 6) is -0.626. The van der Waals surface area contributed by atoms with Crippen LogP contribution in [0.5, 0.6) is 0 Å². The Morgan fingerprint density at radius 1 is 1.33 bits per heavy atom. The van der Waals surface area contributed by atoms with Gasteiger partial charge in [0.15, 0.2) is 0 Å². The Bertz CT molecular complexity index is 514. The molecular weight excluding hydrogens is 334 g/mol. The van der Waals surface area contributed by atoms with Crippen LogP contribution in [0.25, 0.3) is 0 Å². The third-order valence-corrected chi connectivity index (χ3v) is 4.19. The van der Waals surface area contributed by atoms with Crippen molar-refractivity contribution in [2.24, 2.45) is 11.8 Å². The van der Waals surface area contributed by atoms with E-state index in [0.717, 1.165) is 16.5 Å². The van der Waals surface area contributed by atoms with Gasteiger partial charge >= 0.3 is 5.97 Å². The van der Waals surface area contributed by atoms with Gasteiger partial charge in [0.1, 0.15) is 0 Å². The smallest absolute Gasteiger partial charge is 0.303 e. The summed E-state index contributed by atoms with van der Waals surface area (Å²) in [5, 5.41) is 11.8. The van der Waals surface area contributed by atoms with E-state index in [9.17, 15) is 9.59 Å². The number of hydrogen-bond acceptors (Lipinski definition) is 2. The van der Waals surface area contributed by atoms with Gasteiger partial charge in [0.2, 0.25) is 0 Å². The van der Waals surface area contributed by atoms with Crippen molar-refractivity contribution in [1.29, 1.82) is 0 Å². The van der Waals surface area contributed by atoms with E-state index in [2.05, 4.69) is 35.1 Å². The minimum atomic E-state index is -0.825. The van der Waals surface area contributed by atoms with Gasteiger partial charge in [0.05, 0.1) is 0 Å². The molecule has 4 nitrogen and oxygen atoms in total.